The second-order valence-electron chi connectivity index (χ2n) is 7.99. The van der Waals surface area contributed by atoms with Gasteiger partial charge in [0.2, 0.25) is 0 Å². The van der Waals surface area contributed by atoms with E-state index in [1.165, 1.54) is 51.7 Å². The molecule has 0 heterocycles. The standard InChI is InChI=1S/C19H23FO4/c1-23-16-5-14(18(21)22)15(20)6-17(16)24-10-19-7-11-2-12(8-19)4-13(3-11)9-19/h5-6,11-13H,2-4,7-10H2,1H3,(H,21,22). The number of halogens is 1. The molecule has 0 aromatic heterocycles. The molecule has 0 aliphatic heterocycles. The molecule has 0 radical (unpaired) electrons. The summed E-state index contributed by atoms with van der Waals surface area (Å²) in [6, 6.07) is 2.34. The van der Waals surface area contributed by atoms with Crippen LogP contribution in [0.4, 0.5) is 4.39 Å². The van der Waals surface area contributed by atoms with Crippen molar-refractivity contribution in [1.82, 2.24) is 0 Å². The maximum atomic E-state index is 14.0. The van der Waals surface area contributed by atoms with Gasteiger partial charge in [-0.3, -0.25) is 0 Å². The van der Waals surface area contributed by atoms with Gasteiger partial charge in [-0.1, -0.05) is 0 Å². The van der Waals surface area contributed by atoms with E-state index >= 15 is 0 Å². The van der Waals surface area contributed by atoms with Gasteiger partial charge in [0, 0.05) is 17.5 Å². The zero-order valence-corrected chi connectivity index (χ0v) is 13.9. The van der Waals surface area contributed by atoms with E-state index in [9.17, 15) is 9.18 Å². The SMILES string of the molecule is COc1cc(C(=O)O)c(F)cc1OCC12CC3CC(CC(C3)C1)C2. The Morgan fingerprint density at radius 3 is 2.25 bits per heavy atom. The van der Waals surface area contributed by atoms with Crippen molar-refractivity contribution in [2.24, 2.45) is 23.2 Å². The number of carboxylic acid groups (broad SMARTS) is 1. The molecule has 5 rings (SSSR count). The molecule has 0 spiro atoms. The Morgan fingerprint density at radius 1 is 1.17 bits per heavy atom. The van der Waals surface area contributed by atoms with Gasteiger partial charge in [-0.25, -0.2) is 9.18 Å². The third kappa shape index (κ3) is 2.64. The van der Waals surface area contributed by atoms with Crippen LogP contribution in [0.3, 0.4) is 0 Å². The minimum atomic E-state index is -1.31. The van der Waals surface area contributed by atoms with Gasteiger partial charge in [0.25, 0.3) is 0 Å². The van der Waals surface area contributed by atoms with Crippen LogP contribution in [0, 0.1) is 29.0 Å². The van der Waals surface area contributed by atoms with Gasteiger partial charge in [0.15, 0.2) is 11.5 Å². The molecule has 1 aromatic carbocycles. The molecule has 1 N–H and O–H groups in total. The molecule has 4 nitrogen and oxygen atoms in total. The van der Waals surface area contributed by atoms with Crippen molar-refractivity contribution >= 4 is 5.97 Å². The van der Waals surface area contributed by atoms with Gasteiger partial charge in [-0.2, -0.15) is 0 Å². The number of methoxy groups -OCH3 is 1. The predicted molar refractivity (Wildman–Crippen MR) is 86.0 cm³/mol. The van der Waals surface area contributed by atoms with Crippen molar-refractivity contribution < 1.29 is 23.8 Å². The zero-order valence-electron chi connectivity index (χ0n) is 13.9. The maximum Gasteiger partial charge on any atom is 0.338 e. The Kier molecular flexibility index (Phi) is 3.70. The summed E-state index contributed by atoms with van der Waals surface area (Å²) in [5, 5.41) is 9.02. The molecule has 1 aromatic rings. The van der Waals surface area contributed by atoms with Gasteiger partial charge < -0.3 is 14.6 Å². The molecular formula is C19H23FO4. The monoisotopic (exact) mass is 334 g/mol. The molecule has 4 aliphatic carbocycles. The van der Waals surface area contributed by atoms with E-state index in [-0.39, 0.29) is 11.2 Å². The first-order valence-electron chi connectivity index (χ1n) is 8.72. The fourth-order valence-electron chi connectivity index (χ4n) is 5.67. The zero-order chi connectivity index (χ0) is 16.9. The first-order chi connectivity index (χ1) is 11.5. The Hall–Kier alpha value is -1.78. The fourth-order valence-corrected chi connectivity index (χ4v) is 5.67. The predicted octanol–water partition coefficient (Wildman–Crippen LogP) is 4.13. The van der Waals surface area contributed by atoms with Crippen LogP contribution in [0.2, 0.25) is 0 Å². The van der Waals surface area contributed by atoms with Crippen LogP contribution in [-0.4, -0.2) is 24.8 Å². The number of hydrogen-bond donors (Lipinski definition) is 1. The molecule has 5 heteroatoms. The largest absolute Gasteiger partial charge is 0.493 e. The third-order valence-electron chi connectivity index (χ3n) is 6.18. The van der Waals surface area contributed by atoms with Crippen LogP contribution in [0.5, 0.6) is 11.5 Å². The first kappa shape index (κ1) is 15.7. The molecule has 0 atom stereocenters. The van der Waals surface area contributed by atoms with Crippen molar-refractivity contribution in [3.05, 3.63) is 23.5 Å². The van der Waals surface area contributed by atoms with Crippen molar-refractivity contribution in [3.63, 3.8) is 0 Å². The average Bonchev–Trinajstić information content (AvgIpc) is 2.51. The number of aromatic carboxylic acids is 1. The fraction of sp³-hybridized carbons (Fsp3) is 0.632. The topological polar surface area (TPSA) is 55.8 Å². The molecule has 0 unspecified atom stereocenters. The number of carboxylic acids is 1. The quantitative estimate of drug-likeness (QED) is 0.880. The normalized spacial score (nSPS) is 33.5. The summed E-state index contributed by atoms with van der Waals surface area (Å²) in [4.78, 5) is 11.1. The third-order valence-corrected chi connectivity index (χ3v) is 6.18. The van der Waals surface area contributed by atoms with E-state index in [2.05, 4.69) is 0 Å². The molecule has 0 amide bonds. The van der Waals surface area contributed by atoms with Crippen molar-refractivity contribution in [2.45, 2.75) is 38.5 Å². The van der Waals surface area contributed by atoms with Gasteiger partial charge >= 0.3 is 5.97 Å². The van der Waals surface area contributed by atoms with Crippen LogP contribution >= 0.6 is 0 Å². The van der Waals surface area contributed by atoms with Crippen molar-refractivity contribution in [1.29, 1.82) is 0 Å². The highest BCUT2D eigenvalue weighted by Gasteiger charge is 2.51. The van der Waals surface area contributed by atoms with Crippen LogP contribution in [0.1, 0.15) is 48.9 Å². The summed E-state index contributed by atoms with van der Waals surface area (Å²) in [5.41, 5.74) is -0.184. The van der Waals surface area contributed by atoms with Crippen LogP contribution < -0.4 is 9.47 Å². The molecule has 4 saturated carbocycles. The van der Waals surface area contributed by atoms with Crippen LogP contribution in [-0.2, 0) is 0 Å². The summed E-state index contributed by atoms with van der Waals surface area (Å²) < 4.78 is 25.2. The summed E-state index contributed by atoms with van der Waals surface area (Å²) in [5.74, 6) is 0.963. The summed E-state index contributed by atoms with van der Waals surface area (Å²) in [6.07, 6.45) is 7.71. The smallest absolute Gasteiger partial charge is 0.338 e. The van der Waals surface area contributed by atoms with E-state index in [0.717, 1.165) is 23.8 Å². The minimum absolute atomic E-state index is 0.210. The lowest BCUT2D eigenvalue weighted by Crippen LogP contribution is -2.48. The van der Waals surface area contributed by atoms with Crippen LogP contribution in [0.25, 0.3) is 0 Å². The number of hydrogen-bond acceptors (Lipinski definition) is 3. The molecule has 0 saturated heterocycles. The highest BCUT2D eigenvalue weighted by atomic mass is 19.1. The van der Waals surface area contributed by atoms with Gasteiger partial charge in [-0.15, -0.1) is 0 Å². The summed E-state index contributed by atoms with van der Waals surface area (Å²) in [6.45, 7) is 0.568. The Morgan fingerprint density at radius 2 is 1.75 bits per heavy atom. The molecular weight excluding hydrogens is 311 g/mol. The number of ether oxygens (including phenoxy) is 2. The molecule has 4 fully saturated rings. The Balaban J connectivity index is 1.54. The number of benzene rings is 1. The van der Waals surface area contributed by atoms with E-state index in [1.54, 1.807) is 0 Å². The first-order valence-corrected chi connectivity index (χ1v) is 8.72. The molecule has 130 valence electrons. The van der Waals surface area contributed by atoms with Gasteiger partial charge in [0.1, 0.15) is 5.82 Å². The maximum absolute atomic E-state index is 14.0. The van der Waals surface area contributed by atoms with Crippen LogP contribution in [0.15, 0.2) is 12.1 Å². The van der Waals surface area contributed by atoms with Crippen molar-refractivity contribution in [3.8, 4) is 11.5 Å². The molecule has 4 bridgehead atoms. The lowest BCUT2D eigenvalue weighted by Gasteiger charge is -2.56. The van der Waals surface area contributed by atoms with Crippen molar-refractivity contribution in [2.75, 3.05) is 13.7 Å². The van der Waals surface area contributed by atoms with E-state index < -0.39 is 17.3 Å². The van der Waals surface area contributed by atoms with E-state index in [4.69, 9.17) is 14.6 Å². The van der Waals surface area contributed by atoms with Gasteiger partial charge in [-0.05, 0) is 56.3 Å². The summed E-state index contributed by atoms with van der Waals surface area (Å²) >= 11 is 0. The Bertz CT molecular complexity index is 634. The lowest BCUT2D eigenvalue weighted by molar-refractivity contribution is -0.0748. The molecule has 24 heavy (non-hydrogen) atoms. The lowest BCUT2D eigenvalue weighted by atomic mass is 9.50. The number of carbonyl (C=O) groups is 1. The average molecular weight is 334 g/mol. The Labute approximate surface area is 141 Å². The van der Waals surface area contributed by atoms with Gasteiger partial charge in [0.05, 0.1) is 19.3 Å². The number of rotatable bonds is 5. The molecule has 4 aliphatic rings. The van der Waals surface area contributed by atoms with E-state index in [1.807, 2.05) is 0 Å². The minimum Gasteiger partial charge on any atom is -0.493 e. The summed E-state index contributed by atoms with van der Waals surface area (Å²) in [7, 11) is 1.44. The van der Waals surface area contributed by atoms with E-state index in [0.29, 0.717) is 12.4 Å². The highest BCUT2D eigenvalue weighted by Crippen LogP contribution is 2.60. The highest BCUT2D eigenvalue weighted by molar-refractivity contribution is 5.88. The second kappa shape index (κ2) is 5.64. The second-order valence-corrected chi connectivity index (χ2v) is 7.99.